The van der Waals surface area contributed by atoms with Gasteiger partial charge in [0.05, 0.1) is 9.40 Å². The van der Waals surface area contributed by atoms with Crippen LogP contribution in [0.15, 0.2) is 22.7 Å². The summed E-state index contributed by atoms with van der Waals surface area (Å²) in [6, 6.07) is 5.04. The van der Waals surface area contributed by atoms with Crippen molar-refractivity contribution in [3.05, 3.63) is 38.3 Å². The summed E-state index contributed by atoms with van der Waals surface area (Å²) in [4.78, 5) is 10.0. The van der Waals surface area contributed by atoms with Crippen LogP contribution in [0.3, 0.4) is 0 Å². The number of benzene rings is 1. The molecule has 0 N–H and O–H groups in total. The number of alkyl halides is 1. The Labute approximate surface area is 86.2 Å². The summed E-state index contributed by atoms with van der Waals surface area (Å²) in [6.45, 7) is 0. The molecule has 64 valence electrons. The van der Waals surface area contributed by atoms with Crippen LogP contribution >= 0.6 is 31.9 Å². The summed E-state index contributed by atoms with van der Waals surface area (Å²) >= 11 is 6.33. The molecule has 1 aromatic carbocycles. The topological polar surface area (TPSA) is 43.1 Å². The Balaban J connectivity index is 3.17. The van der Waals surface area contributed by atoms with Gasteiger partial charge in [-0.15, -0.1) is 0 Å². The second-order valence-corrected chi connectivity index (χ2v) is 3.59. The van der Waals surface area contributed by atoms with Crippen molar-refractivity contribution >= 4 is 37.5 Å². The monoisotopic (exact) mass is 293 g/mol. The molecule has 0 aromatic heterocycles. The predicted octanol–water partition coefficient (Wildman–Crippen LogP) is 3.25. The summed E-state index contributed by atoms with van der Waals surface area (Å²) in [6.07, 6.45) is 0. The lowest BCUT2D eigenvalue weighted by Crippen LogP contribution is -1.90. The van der Waals surface area contributed by atoms with E-state index in [2.05, 4.69) is 31.9 Å². The van der Waals surface area contributed by atoms with E-state index in [1.54, 1.807) is 12.1 Å². The average Bonchev–Trinajstić information content (AvgIpc) is 2.05. The fourth-order valence-corrected chi connectivity index (χ4v) is 1.52. The van der Waals surface area contributed by atoms with Gasteiger partial charge in [0.1, 0.15) is 0 Å². The highest BCUT2D eigenvalue weighted by atomic mass is 79.9. The normalized spacial score (nSPS) is 9.83. The van der Waals surface area contributed by atoms with E-state index < -0.39 is 4.92 Å². The first-order valence-corrected chi connectivity index (χ1v) is 5.05. The summed E-state index contributed by atoms with van der Waals surface area (Å²) in [7, 11) is 0. The molecule has 0 amide bonds. The SMILES string of the molecule is O=[N+]([O-])c1cc(CBr)ccc1Br. The van der Waals surface area contributed by atoms with Crippen LogP contribution in [-0.4, -0.2) is 4.92 Å². The van der Waals surface area contributed by atoms with Crippen molar-refractivity contribution in [3.8, 4) is 0 Å². The molecule has 1 aromatic rings. The highest BCUT2D eigenvalue weighted by molar-refractivity contribution is 9.10. The first-order valence-electron chi connectivity index (χ1n) is 3.14. The van der Waals surface area contributed by atoms with Crippen molar-refractivity contribution in [1.82, 2.24) is 0 Å². The third-order valence-corrected chi connectivity index (χ3v) is 2.68. The van der Waals surface area contributed by atoms with Gasteiger partial charge in [-0.2, -0.15) is 0 Å². The molecule has 0 aliphatic carbocycles. The first-order chi connectivity index (χ1) is 5.65. The van der Waals surface area contributed by atoms with Crippen molar-refractivity contribution < 1.29 is 4.92 Å². The van der Waals surface area contributed by atoms with E-state index in [1.807, 2.05) is 6.07 Å². The van der Waals surface area contributed by atoms with Crippen molar-refractivity contribution in [2.75, 3.05) is 0 Å². The quantitative estimate of drug-likeness (QED) is 0.477. The second-order valence-electron chi connectivity index (χ2n) is 2.18. The molecule has 12 heavy (non-hydrogen) atoms. The molecular weight excluding hydrogens is 290 g/mol. The van der Waals surface area contributed by atoms with Crippen molar-refractivity contribution in [2.24, 2.45) is 0 Å². The largest absolute Gasteiger partial charge is 0.283 e. The number of nitro benzene ring substituents is 1. The Hall–Kier alpha value is -0.420. The molecule has 0 aliphatic heterocycles. The fraction of sp³-hybridized carbons (Fsp3) is 0.143. The summed E-state index contributed by atoms with van der Waals surface area (Å²) in [5.41, 5.74) is 0.997. The molecule has 0 bridgehead atoms. The highest BCUT2D eigenvalue weighted by Crippen LogP contribution is 2.26. The van der Waals surface area contributed by atoms with Crippen LogP contribution in [0.25, 0.3) is 0 Å². The molecular formula is C7H5Br2NO2. The minimum Gasteiger partial charge on any atom is -0.258 e. The lowest BCUT2D eigenvalue weighted by molar-refractivity contribution is -0.385. The van der Waals surface area contributed by atoms with Gasteiger partial charge in [-0.1, -0.05) is 22.0 Å². The molecule has 0 saturated carbocycles. The molecule has 1 rings (SSSR count). The van der Waals surface area contributed by atoms with Crippen molar-refractivity contribution in [2.45, 2.75) is 5.33 Å². The molecule has 0 fully saturated rings. The van der Waals surface area contributed by atoms with Gasteiger partial charge in [0.25, 0.3) is 5.69 Å². The lowest BCUT2D eigenvalue weighted by atomic mass is 10.2. The van der Waals surface area contributed by atoms with Crippen LogP contribution in [0.5, 0.6) is 0 Å². The number of hydrogen-bond acceptors (Lipinski definition) is 2. The maximum absolute atomic E-state index is 10.5. The van der Waals surface area contributed by atoms with Crippen LogP contribution in [0, 0.1) is 10.1 Å². The Morgan fingerprint density at radius 1 is 1.50 bits per heavy atom. The number of halogens is 2. The van der Waals surface area contributed by atoms with Crippen molar-refractivity contribution in [3.63, 3.8) is 0 Å². The zero-order chi connectivity index (χ0) is 9.14. The van der Waals surface area contributed by atoms with E-state index in [9.17, 15) is 10.1 Å². The number of hydrogen-bond donors (Lipinski definition) is 0. The van der Waals surface area contributed by atoms with E-state index >= 15 is 0 Å². The number of rotatable bonds is 2. The molecule has 0 saturated heterocycles. The minimum absolute atomic E-state index is 0.104. The van der Waals surface area contributed by atoms with E-state index in [4.69, 9.17) is 0 Å². The van der Waals surface area contributed by atoms with E-state index in [0.29, 0.717) is 9.80 Å². The van der Waals surface area contributed by atoms with Crippen LogP contribution < -0.4 is 0 Å². The molecule has 5 heteroatoms. The average molecular weight is 295 g/mol. The maximum Gasteiger partial charge on any atom is 0.283 e. The van der Waals surface area contributed by atoms with Gasteiger partial charge < -0.3 is 0 Å². The van der Waals surface area contributed by atoms with E-state index in [-0.39, 0.29) is 5.69 Å². The predicted molar refractivity (Wildman–Crippen MR) is 53.4 cm³/mol. The third-order valence-electron chi connectivity index (χ3n) is 1.36. The van der Waals surface area contributed by atoms with Gasteiger partial charge >= 0.3 is 0 Å². The van der Waals surface area contributed by atoms with Gasteiger partial charge in [-0.3, -0.25) is 10.1 Å². The van der Waals surface area contributed by atoms with Crippen LogP contribution in [0.4, 0.5) is 5.69 Å². The lowest BCUT2D eigenvalue weighted by Gasteiger charge is -1.97. The van der Waals surface area contributed by atoms with E-state index in [1.165, 1.54) is 0 Å². The zero-order valence-corrected chi connectivity index (χ0v) is 9.13. The molecule has 0 aliphatic rings. The van der Waals surface area contributed by atoms with Gasteiger partial charge in [-0.25, -0.2) is 0 Å². The Bertz CT molecular complexity index is 314. The molecule has 0 spiro atoms. The van der Waals surface area contributed by atoms with Crippen LogP contribution in [0.1, 0.15) is 5.56 Å². The zero-order valence-electron chi connectivity index (χ0n) is 5.96. The smallest absolute Gasteiger partial charge is 0.258 e. The second kappa shape index (κ2) is 4.00. The number of nitrogens with zero attached hydrogens (tertiary/aromatic N) is 1. The van der Waals surface area contributed by atoms with Crippen LogP contribution in [0.2, 0.25) is 0 Å². The first kappa shape index (κ1) is 9.67. The molecule has 0 atom stereocenters. The van der Waals surface area contributed by atoms with Gasteiger partial charge in [0, 0.05) is 11.4 Å². The third kappa shape index (κ3) is 2.04. The van der Waals surface area contributed by atoms with Gasteiger partial charge in [-0.05, 0) is 27.6 Å². The molecule has 0 unspecified atom stereocenters. The minimum atomic E-state index is -0.407. The van der Waals surface area contributed by atoms with Crippen LogP contribution in [-0.2, 0) is 5.33 Å². The standard InChI is InChI=1S/C7H5Br2NO2/c8-4-5-1-2-6(9)7(3-5)10(11)12/h1-3H,4H2. The Kier molecular flexibility index (Phi) is 3.22. The van der Waals surface area contributed by atoms with Gasteiger partial charge in [0.15, 0.2) is 0 Å². The highest BCUT2D eigenvalue weighted by Gasteiger charge is 2.11. The van der Waals surface area contributed by atoms with Gasteiger partial charge in [0.2, 0.25) is 0 Å². The van der Waals surface area contributed by atoms with Crippen molar-refractivity contribution in [1.29, 1.82) is 0 Å². The fourth-order valence-electron chi connectivity index (χ4n) is 0.781. The Morgan fingerprint density at radius 2 is 2.17 bits per heavy atom. The molecule has 0 radical (unpaired) electrons. The summed E-state index contributed by atoms with van der Waals surface area (Å²) in [5.74, 6) is 0. The molecule has 3 nitrogen and oxygen atoms in total. The molecule has 0 heterocycles. The maximum atomic E-state index is 10.5. The number of nitro groups is 1. The summed E-state index contributed by atoms with van der Waals surface area (Å²) in [5, 5.41) is 11.1. The van der Waals surface area contributed by atoms with E-state index in [0.717, 1.165) is 5.56 Å². The Morgan fingerprint density at radius 3 is 2.67 bits per heavy atom. The summed E-state index contributed by atoms with van der Waals surface area (Å²) < 4.78 is 0.511.